The fourth-order valence-electron chi connectivity index (χ4n) is 3.38. The van der Waals surface area contributed by atoms with Gasteiger partial charge in [0.2, 0.25) is 0 Å². The summed E-state index contributed by atoms with van der Waals surface area (Å²) in [7, 11) is 0. The normalized spacial score (nSPS) is 14.9. The van der Waals surface area contributed by atoms with Gasteiger partial charge < -0.3 is 19.3 Å². The minimum absolute atomic E-state index is 0.0267. The maximum absolute atomic E-state index is 12.8. The van der Waals surface area contributed by atoms with Crippen LogP contribution in [-0.4, -0.2) is 74.7 Å². The lowest BCUT2D eigenvalue weighted by atomic mass is 10.2. The number of hydrogen-bond acceptors (Lipinski definition) is 8. The highest BCUT2D eigenvalue weighted by atomic mass is 16.5. The van der Waals surface area contributed by atoms with Gasteiger partial charge in [-0.05, 0) is 50.2 Å². The van der Waals surface area contributed by atoms with E-state index < -0.39 is 6.10 Å². The van der Waals surface area contributed by atoms with Crippen LogP contribution in [0.1, 0.15) is 13.8 Å². The summed E-state index contributed by atoms with van der Waals surface area (Å²) in [5.41, 5.74) is 0. The topological polar surface area (TPSA) is 98.5 Å². The average molecular weight is 423 g/mol. The van der Waals surface area contributed by atoms with Gasteiger partial charge in [0.25, 0.3) is 5.91 Å². The summed E-state index contributed by atoms with van der Waals surface area (Å²) in [5.74, 6) is 2.78. The summed E-state index contributed by atoms with van der Waals surface area (Å²) >= 11 is 0. The molecule has 1 saturated heterocycles. The molecule has 3 aromatic rings. The molecule has 1 unspecified atom stereocenters. The Morgan fingerprint density at radius 2 is 1.68 bits per heavy atom. The van der Waals surface area contributed by atoms with Crippen molar-refractivity contribution in [3.05, 3.63) is 49.1 Å². The molecule has 1 atom stereocenters. The molecule has 0 radical (unpaired) electrons. The van der Waals surface area contributed by atoms with Gasteiger partial charge in [-0.2, -0.15) is 5.10 Å². The standard InChI is InChI=1S/C21H25N7O3/c1-3-30-17-4-6-18(7-5-17)31-16(2)21(29)27-12-10-26(11-13-27)19-8-9-20(25-24-19)28-15-22-14-23-28/h4-9,14-16H,3,10-13H2,1-2H3. The summed E-state index contributed by atoms with van der Waals surface area (Å²) in [4.78, 5) is 20.7. The Labute approximate surface area is 180 Å². The molecule has 31 heavy (non-hydrogen) atoms. The lowest BCUT2D eigenvalue weighted by molar-refractivity contribution is -0.138. The Bertz CT molecular complexity index is 969. The molecule has 4 rings (SSSR count). The van der Waals surface area contributed by atoms with E-state index in [4.69, 9.17) is 9.47 Å². The molecular formula is C21H25N7O3. The third-order valence-corrected chi connectivity index (χ3v) is 5.00. The molecular weight excluding hydrogens is 398 g/mol. The van der Waals surface area contributed by atoms with Gasteiger partial charge in [-0.1, -0.05) is 0 Å². The first-order chi connectivity index (χ1) is 15.1. The second-order valence-electron chi connectivity index (χ2n) is 7.07. The predicted molar refractivity (Wildman–Crippen MR) is 113 cm³/mol. The highest BCUT2D eigenvalue weighted by molar-refractivity contribution is 5.81. The molecule has 0 N–H and O–H groups in total. The molecule has 0 aliphatic carbocycles. The van der Waals surface area contributed by atoms with Crippen molar-refractivity contribution in [2.24, 2.45) is 0 Å². The number of hydrogen-bond donors (Lipinski definition) is 0. The number of carbonyl (C=O) groups excluding carboxylic acids is 1. The van der Waals surface area contributed by atoms with Gasteiger partial charge in [0.1, 0.15) is 24.2 Å². The van der Waals surface area contributed by atoms with Crippen molar-refractivity contribution in [2.45, 2.75) is 20.0 Å². The fraction of sp³-hybridized carbons (Fsp3) is 0.381. The van der Waals surface area contributed by atoms with Gasteiger partial charge in [0.15, 0.2) is 17.7 Å². The number of ether oxygens (including phenoxy) is 2. The van der Waals surface area contributed by atoms with E-state index in [0.717, 1.165) is 11.6 Å². The molecule has 0 bridgehead atoms. The minimum Gasteiger partial charge on any atom is -0.494 e. The van der Waals surface area contributed by atoms with Crippen molar-refractivity contribution in [2.75, 3.05) is 37.7 Å². The van der Waals surface area contributed by atoms with E-state index in [1.165, 1.54) is 6.33 Å². The van der Waals surface area contributed by atoms with E-state index >= 15 is 0 Å². The molecule has 1 amide bonds. The quantitative estimate of drug-likeness (QED) is 0.565. The number of piperazine rings is 1. The van der Waals surface area contributed by atoms with E-state index in [1.54, 1.807) is 17.9 Å². The summed E-state index contributed by atoms with van der Waals surface area (Å²) in [6, 6.07) is 11.1. The van der Waals surface area contributed by atoms with Gasteiger partial charge in [0, 0.05) is 26.2 Å². The number of amides is 1. The molecule has 162 valence electrons. The second kappa shape index (κ2) is 9.41. The van der Waals surface area contributed by atoms with Crippen LogP contribution in [0.3, 0.4) is 0 Å². The van der Waals surface area contributed by atoms with Crippen LogP contribution in [0.25, 0.3) is 5.82 Å². The number of aromatic nitrogens is 5. The maximum atomic E-state index is 12.8. The van der Waals surface area contributed by atoms with Crippen molar-refractivity contribution in [1.82, 2.24) is 29.9 Å². The van der Waals surface area contributed by atoms with Crippen LogP contribution >= 0.6 is 0 Å². The Morgan fingerprint density at radius 1 is 1.00 bits per heavy atom. The van der Waals surface area contributed by atoms with Crippen molar-refractivity contribution in [1.29, 1.82) is 0 Å². The van der Waals surface area contributed by atoms with E-state index in [2.05, 4.69) is 25.2 Å². The number of rotatable bonds is 7. The largest absolute Gasteiger partial charge is 0.494 e. The molecule has 1 aromatic carbocycles. The van der Waals surface area contributed by atoms with Crippen LogP contribution < -0.4 is 14.4 Å². The lowest BCUT2D eigenvalue weighted by Gasteiger charge is -2.36. The van der Waals surface area contributed by atoms with E-state index in [0.29, 0.717) is 44.4 Å². The number of carbonyl (C=O) groups is 1. The third kappa shape index (κ3) is 4.90. The molecule has 0 spiro atoms. The van der Waals surface area contributed by atoms with Crippen LogP contribution in [0.4, 0.5) is 5.82 Å². The number of anilines is 1. The van der Waals surface area contributed by atoms with Crippen LogP contribution in [0.5, 0.6) is 11.5 Å². The lowest BCUT2D eigenvalue weighted by Crippen LogP contribution is -2.52. The first-order valence-electron chi connectivity index (χ1n) is 10.3. The first-order valence-corrected chi connectivity index (χ1v) is 10.3. The van der Waals surface area contributed by atoms with Gasteiger partial charge >= 0.3 is 0 Å². The second-order valence-corrected chi connectivity index (χ2v) is 7.07. The number of nitrogens with zero attached hydrogens (tertiary/aromatic N) is 7. The molecule has 10 heteroatoms. The molecule has 10 nitrogen and oxygen atoms in total. The van der Waals surface area contributed by atoms with Gasteiger partial charge in [-0.25, -0.2) is 9.67 Å². The zero-order valence-electron chi connectivity index (χ0n) is 17.6. The summed E-state index contributed by atoms with van der Waals surface area (Å²) in [6.45, 7) is 6.88. The van der Waals surface area contributed by atoms with E-state index in [9.17, 15) is 4.79 Å². The third-order valence-electron chi connectivity index (χ3n) is 5.00. The smallest absolute Gasteiger partial charge is 0.263 e. The maximum Gasteiger partial charge on any atom is 0.263 e. The van der Waals surface area contributed by atoms with Crippen molar-refractivity contribution in [3.63, 3.8) is 0 Å². The predicted octanol–water partition coefficient (Wildman–Crippen LogP) is 1.57. The molecule has 1 aliphatic heterocycles. The molecule has 0 saturated carbocycles. The zero-order chi connectivity index (χ0) is 21.6. The van der Waals surface area contributed by atoms with E-state index in [1.807, 2.05) is 48.2 Å². The Kier molecular flexibility index (Phi) is 6.25. The van der Waals surface area contributed by atoms with Crippen LogP contribution in [-0.2, 0) is 4.79 Å². The summed E-state index contributed by atoms with van der Waals surface area (Å²) in [6.07, 6.45) is 2.46. The Hall–Kier alpha value is -3.69. The van der Waals surface area contributed by atoms with Gasteiger partial charge in [-0.15, -0.1) is 10.2 Å². The fourth-order valence-corrected chi connectivity index (χ4v) is 3.38. The first kappa shape index (κ1) is 20.6. The molecule has 1 aliphatic rings. The summed E-state index contributed by atoms with van der Waals surface area (Å²) in [5, 5.41) is 12.5. The van der Waals surface area contributed by atoms with Crippen LogP contribution in [0, 0.1) is 0 Å². The van der Waals surface area contributed by atoms with E-state index in [-0.39, 0.29) is 5.91 Å². The molecule has 3 heterocycles. The SMILES string of the molecule is CCOc1ccc(OC(C)C(=O)N2CCN(c3ccc(-n4cncn4)nn3)CC2)cc1. The zero-order valence-corrected chi connectivity index (χ0v) is 17.6. The minimum atomic E-state index is -0.564. The highest BCUT2D eigenvalue weighted by Gasteiger charge is 2.26. The summed E-state index contributed by atoms with van der Waals surface area (Å²) < 4.78 is 12.8. The average Bonchev–Trinajstić information content (AvgIpc) is 3.35. The van der Waals surface area contributed by atoms with Crippen molar-refractivity contribution >= 4 is 11.7 Å². The van der Waals surface area contributed by atoms with Crippen molar-refractivity contribution in [3.8, 4) is 17.3 Å². The van der Waals surface area contributed by atoms with Gasteiger partial charge in [0.05, 0.1) is 6.61 Å². The monoisotopic (exact) mass is 423 g/mol. The number of benzene rings is 1. The highest BCUT2D eigenvalue weighted by Crippen LogP contribution is 2.20. The van der Waals surface area contributed by atoms with Crippen LogP contribution in [0.15, 0.2) is 49.1 Å². The van der Waals surface area contributed by atoms with Crippen molar-refractivity contribution < 1.29 is 14.3 Å². The van der Waals surface area contributed by atoms with Crippen LogP contribution in [0.2, 0.25) is 0 Å². The Balaban J connectivity index is 1.29. The molecule has 2 aromatic heterocycles. The molecule has 1 fully saturated rings. The Morgan fingerprint density at radius 3 is 2.29 bits per heavy atom. The van der Waals surface area contributed by atoms with Gasteiger partial charge in [-0.3, -0.25) is 4.79 Å².